The molecule has 0 radical (unpaired) electrons. The van der Waals surface area contributed by atoms with Gasteiger partial charge in [0.25, 0.3) is 5.69 Å². The summed E-state index contributed by atoms with van der Waals surface area (Å²) in [4.78, 5) is 11.0. The standard InChI is InChI=1S/C14H15ClN2O4S2/c1-2-10(9-14-13(15)7-8-22-14)16-23(20,21)12-5-3-11(4-6-12)17(18)19/h3-8,10,16H,2,9H2,1H3. The monoisotopic (exact) mass is 374 g/mol. The summed E-state index contributed by atoms with van der Waals surface area (Å²) in [5.74, 6) is 0. The number of rotatable bonds is 7. The lowest BCUT2D eigenvalue weighted by Crippen LogP contribution is -2.35. The summed E-state index contributed by atoms with van der Waals surface area (Å²) in [5.41, 5.74) is -0.152. The molecule has 1 atom stereocenters. The summed E-state index contributed by atoms with van der Waals surface area (Å²) in [6, 6.07) is 6.28. The molecule has 1 aromatic carbocycles. The van der Waals surface area contributed by atoms with E-state index in [4.69, 9.17) is 11.6 Å². The van der Waals surface area contributed by atoms with Gasteiger partial charge in [-0.3, -0.25) is 10.1 Å². The van der Waals surface area contributed by atoms with Crippen LogP contribution in [0.5, 0.6) is 0 Å². The lowest BCUT2D eigenvalue weighted by atomic mass is 10.1. The number of hydrogen-bond donors (Lipinski definition) is 1. The number of thiophene rings is 1. The van der Waals surface area contributed by atoms with Crippen molar-refractivity contribution in [3.05, 3.63) is 55.7 Å². The highest BCUT2D eigenvalue weighted by Gasteiger charge is 2.21. The molecule has 23 heavy (non-hydrogen) atoms. The number of sulfonamides is 1. The summed E-state index contributed by atoms with van der Waals surface area (Å²) in [6.07, 6.45) is 1.10. The first-order chi connectivity index (χ1) is 10.8. The maximum atomic E-state index is 12.4. The third kappa shape index (κ3) is 4.51. The van der Waals surface area contributed by atoms with Crippen molar-refractivity contribution < 1.29 is 13.3 Å². The second-order valence-electron chi connectivity index (χ2n) is 4.87. The lowest BCUT2D eigenvalue weighted by Gasteiger charge is -2.16. The first-order valence-electron chi connectivity index (χ1n) is 6.82. The minimum Gasteiger partial charge on any atom is -0.258 e. The number of hydrogen-bond acceptors (Lipinski definition) is 5. The molecular weight excluding hydrogens is 360 g/mol. The van der Waals surface area contributed by atoms with E-state index in [0.29, 0.717) is 17.9 Å². The Hall–Kier alpha value is -1.48. The predicted molar refractivity (Wildman–Crippen MR) is 90.5 cm³/mol. The van der Waals surface area contributed by atoms with Gasteiger partial charge in [-0.1, -0.05) is 18.5 Å². The molecular formula is C14H15ClN2O4S2. The van der Waals surface area contributed by atoms with Gasteiger partial charge in [-0.25, -0.2) is 13.1 Å². The van der Waals surface area contributed by atoms with Crippen LogP contribution in [0.3, 0.4) is 0 Å². The minimum atomic E-state index is -3.74. The van der Waals surface area contributed by atoms with E-state index in [0.717, 1.165) is 4.88 Å². The van der Waals surface area contributed by atoms with Crippen molar-refractivity contribution in [1.82, 2.24) is 4.72 Å². The van der Waals surface area contributed by atoms with E-state index in [1.54, 1.807) is 6.07 Å². The molecule has 0 spiro atoms. The van der Waals surface area contributed by atoms with E-state index >= 15 is 0 Å². The number of nitro groups is 1. The average molecular weight is 375 g/mol. The second-order valence-corrected chi connectivity index (χ2v) is 8.00. The van der Waals surface area contributed by atoms with Gasteiger partial charge in [0, 0.05) is 23.1 Å². The fourth-order valence-electron chi connectivity index (χ4n) is 2.00. The summed E-state index contributed by atoms with van der Waals surface area (Å²) in [6.45, 7) is 1.88. The molecule has 2 aromatic rings. The molecule has 0 saturated heterocycles. The van der Waals surface area contributed by atoms with Crippen molar-refractivity contribution in [2.45, 2.75) is 30.7 Å². The summed E-state index contributed by atoms with van der Waals surface area (Å²) < 4.78 is 27.4. The Morgan fingerprint density at radius 3 is 2.43 bits per heavy atom. The summed E-state index contributed by atoms with van der Waals surface area (Å²) in [7, 11) is -3.74. The van der Waals surface area contributed by atoms with Crippen LogP contribution < -0.4 is 4.72 Å². The Labute approximate surface area is 143 Å². The Kier molecular flexibility index (Phi) is 5.74. The van der Waals surface area contributed by atoms with Gasteiger partial charge in [-0.05, 0) is 36.4 Å². The number of nitrogens with one attached hydrogen (secondary N) is 1. The molecule has 2 rings (SSSR count). The lowest BCUT2D eigenvalue weighted by molar-refractivity contribution is -0.384. The van der Waals surface area contributed by atoms with Gasteiger partial charge >= 0.3 is 0 Å². The van der Waals surface area contributed by atoms with Crippen molar-refractivity contribution in [2.24, 2.45) is 0 Å². The van der Waals surface area contributed by atoms with E-state index in [2.05, 4.69) is 4.72 Å². The normalized spacial score (nSPS) is 13.0. The van der Waals surface area contributed by atoms with Gasteiger partial charge in [0.2, 0.25) is 10.0 Å². The molecule has 6 nitrogen and oxygen atoms in total. The molecule has 1 aromatic heterocycles. The number of benzene rings is 1. The van der Waals surface area contributed by atoms with Gasteiger partial charge < -0.3 is 0 Å². The number of non-ortho nitro benzene ring substituents is 1. The molecule has 1 N–H and O–H groups in total. The van der Waals surface area contributed by atoms with Gasteiger partial charge in [0.15, 0.2) is 0 Å². The van der Waals surface area contributed by atoms with E-state index in [9.17, 15) is 18.5 Å². The highest BCUT2D eigenvalue weighted by Crippen LogP contribution is 2.24. The van der Waals surface area contributed by atoms with Crippen molar-refractivity contribution in [2.75, 3.05) is 0 Å². The number of halogens is 1. The molecule has 0 fully saturated rings. The Balaban J connectivity index is 2.15. The predicted octanol–water partition coefficient (Wildman–Crippen LogP) is 3.61. The highest BCUT2D eigenvalue weighted by atomic mass is 35.5. The van der Waals surface area contributed by atoms with E-state index in [-0.39, 0.29) is 16.6 Å². The molecule has 1 unspecified atom stereocenters. The number of nitrogens with zero attached hydrogens (tertiary/aromatic N) is 1. The number of nitro benzene ring substituents is 1. The zero-order valence-corrected chi connectivity index (χ0v) is 14.6. The summed E-state index contributed by atoms with van der Waals surface area (Å²) in [5, 5.41) is 13.1. The van der Waals surface area contributed by atoms with E-state index in [1.807, 2.05) is 12.3 Å². The molecule has 0 aliphatic rings. The van der Waals surface area contributed by atoms with Crippen LogP contribution in [0.25, 0.3) is 0 Å². The first-order valence-corrected chi connectivity index (χ1v) is 9.56. The molecule has 9 heteroatoms. The van der Waals surface area contributed by atoms with Gasteiger partial charge in [-0.2, -0.15) is 0 Å². The van der Waals surface area contributed by atoms with Crippen LogP contribution in [0.4, 0.5) is 5.69 Å². The van der Waals surface area contributed by atoms with Gasteiger partial charge in [0.05, 0.1) is 14.8 Å². The minimum absolute atomic E-state index is 0.00109. The van der Waals surface area contributed by atoms with Crippen molar-refractivity contribution in [3.8, 4) is 0 Å². The third-order valence-corrected chi connectivity index (χ3v) is 6.24. The van der Waals surface area contributed by atoms with Crippen LogP contribution in [0.15, 0.2) is 40.6 Å². The van der Waals surface area contributed by atoms with Crippen LogP contribution in [-0.4, -0.2) is 19.4 Å². The largest absolute Gasteiger partial charge is 0.269 e. The molecule has 0 aliphatic heterocycles. The molecule has 0 saturated carbocycles. The van der Waals surface area contributed by atoms with Crippen LogP contribution in [-0.2, 0) is 16.4 Å². The molecule has 1 heterocycles. The van der Waals surface area contributed by atoms with Crippen LogP contribution >= 0.6 is 22.9 Å². The first kappa shape index (κ1) is 17.9. The Bertz CT molecular complexity index is 787. The molecule has 0 bridgehead atoms. The topological polar surface area (TPSA) is 89.3 Å². The van der Waals surface area contributed by atoms with E-state index in [1.165, 1.54) is 35.6 Å². The van der Waals surface area contributed by atoms with Gasteiger partial charge in [-0.15, -0.1) is 11.3 Å². The van der Waals surface area contributed by atoms with Crippen molar-refractivity contribution in [1.29, 1.82) is 0 Å². The van der Waals surface area contributed by atoms with Crippen LogP contribution in [0, 0.1) is 10.1 Å². The van der Waals surface area contributed by atoms with Crippen LogP contribution in [0.2, 0.25) is 5.02 Å². The second kappa shape index (κ2) is 7.39. The highest BCUT2D eigenvalue weighted by molar-refractivity contribution is 7.89. The fourth-order valence-corrected chi connectivity index (χ4v) is 4.51. The van der Waals surface area contributed by atoms with Crippen molar-refractivity contribution >= 4 is 38.6 Å². The quantitative estimate of drug-likeness (QED) is 0.592. The maximum Gasteiger partial charge on any atom is 0.269 e. The fraction of sp³-hybridized carbons (Fsp3) is 0.286. The average Bonchev–Trinajstić information content (AvgIpc) is 2.91. The zero-order valence-electron chi connectivity index (χ0n) is 12.2. The zero-order chi connectivity index (χ0) is 17.0. The van der Waals surface area contributed by atoms with Gasteiger partial charge in [0.1, 0.15) is 0 Å². The third-order valence-electron chi connectivity index (χ3n) is 3.30. The van der Waals surface area contributed by atoms with E-state index < -0.39 is 14.9 Å². The van der Waals surface area contributed by atoms with Crippen molar-refractivity contribution in [3.63, 3.8) is 0 Å². The van der Waals surface area contributed by atoms with Crippen LogP contribution in [0.1, 0.15) is 18.2 Å². The Morgan fingerprint density at radius 1 is 1.30 bits per heavy atom. The molecule has 124 valence electrons. The Morgan fingerprint density at radius 2 is 1.96 bits per heavy atom. The molecule has 0 aliphatic carbocycles. The smallest absolute Gasteiger partial charge is 0.258 e. The molecule has 0 amide bonds. The summed E-state index contributed by atoms with van der Waals surface area (Å²) >= 11 is 7.52. The SMILES string of the molecule is CCC(Cc1sccc1Cl)NS(=O)(=O)c1ccc([N+](=O)[O-])cc1. The maximum absolute atomic E-state index is 12.4.